The van der Waals surface area contributed by atoms with Gasteiger partial charge in [-0.05, 0) is 57.8 Å². The summed E-state index contributed by atoms with van der Waals surface area (Å²) in [6.07, 6.45) is 3.00. The third-order valence-electron chi connectivity index (χ3n) is 7.77. The van der Waals surface area contributed by atoms with Crippen LogP contribution in [0.3, 0.4) is 0 Å². The molecule has 2 N–H and O–H groups in total. The van der Waals surface area contributed by atoms with Crippen molar-refractivity contribution in [3.63, 3.8) is 0 Å². The number of carboxylic acid groups (broad SMARTS) is 1. The number of pyridine rings is 1. The first-order chi connectivity index (χ1) is 19.5. The Balaban J connectivity index is 1.34. The van der Waals surface area contributed by atoms with Crippen LogP contribution in [-0.4, -0.2) is 75.4 Å². The molecule has 2 aromatic heterocycles. The molecule has 5 rings (SSSR count). The average molecular weight is 593 g/mol. The third kappa shape index (κ3) is 6.92. The van der Waals surface area contributed by atoms with Crippen molar-refractivity contribution >= 4 is 29.2 Å². The number of fused-ring (bicyclic) bond motifs is 1. The summed E-state index contributed by atoms with van der Waals surface area (Å²) >= 11 is 6.40. The molecule has 0 aromatic carbocycles. The maximum absolute atomic E-state index is 13.2. The Hall–Kier alpha value is -3.38. The number of ether oxygens (including phenoxy) is 1. The van der Waals surface area contributed by atoms with Gasteiger partial charge in [-0.25, -0.2) is 4.98 Å². The van der Waals surface area contributed by atoms with Crippen LogP contribution in [0.25, 0.3) is 0 Å². The number of nitrogens with zero attached hydrogens (tertiary/aromatic N) is 5. The fourth-order valence-electron chi connectivity index (χ4n) is 5.34. The second-order valence-electron chi connectivity index (χ2n) is 10.8. The number of anilines is 2. The standard InChI is InChI=1S/C28H32ClF3N6O3/c1-27(9-4-19(5-10-27)28(30,31)32)36-23-20-8-14-38(24-21(29)3-2-11-33-24)17-22(20)34-26(35-23)41-16-15-37-12-6-18(7-13-37)25(39)40/h2-5,9,11,18H,6-8,10,12-17H2,1H3,(H,39,40)(H,34,35,36). The van der Waals surface area contributed by atoms with Gasteiger partial charge in [-0.3, -0.25) is 9.69 Å². The van der Waals surface area contributed by atoms with E-state index in [1.807, 2.05) is 11.8 Å². The molecule has 0 radical (unpaired) electrons. The van der Waals surface area contributed by atoms with E-state index in [9.17, 15) is 23.1 Å². The molecule has 4 heterocycles. The van der Waals surface area contributed by atoms with Gasteiger partial charge in [0.15, 0.2) is 0 Å². The number of rotatable bonds is 8. The van der Waals surface area contributed by atoms with Gasteiger partial charge in [0.2, 0.25) is 0 Å². The molecular formula is C28H32ClF3N6O3. The van der Waals surface area contributed by atoms with Crippen LogP contribution < -0.4 is 15.0 Å². The van der Waals surface area contributed by atoms with Crippen LogP contribution in [-0.2, 0) is 17.8 Å². The summed E-state index contributed by atoms with van der Waals surface area (Å²) in [5.74, 6) is 0.107. The van der Waals surface area contributed by atoms with Crippen LogP contribution in [0.15, 0.2) is 42.1 Å². The molecule has 1 atom stereocenters. The lowest BCUT2D eigenvalue weighted by Gasteiger charge is -2.34. The number of alkyl halides is 3. The Kier molecular flexibility index (Phi) is 8.42. The highest BCUT2D eigenvalue weighted by atomic mass is 35.5. The quantitative estimate of drug-likeness (QED) is 0.444. The summed E-state index contributed by atoms with van der Waals surface area (Å²) in [4.78, 5) is 29.2. The topological polar surface area (TPSA) is 104 Å². The van der Waals surface area contributed by atoms with Gasteiger partial charge in [0.25, 0.3) is 0 Å². The number of halogens is 4. The molecule has 13 heteroatoms. The predicted octanol–water partition coefficient (Wildman–Crippen LogP) is 4.88. The largest absolute Gasteiger partial charge is 0.481 e. The molecule has 220 valence electrons. The van der Waals surface area contributed by atoms with E-state index in [2.05, 4.69) is 20.2 Å². The van der Waals surface area contributed by atoms with E-state index in [0.717, 1.165) is 17.3 Å². The average Bonchev–Trinajstić information content (AvgIpc) is 2.93. The van der Waals surface area contributed by atoms with Crippen LogP contribution in [0.5, 0.6) is 6.01 Å². The number of hydrogen-bond donors (Lipinski definition) is 2. The molecule has 0 amide bonds. The smallest absolute Gasteiger partial charge is 0.416 e. The number of allylic oxidation sites excluding steroid dienone is 2. The van der Waals surface area contributed by atoms with Gasteiger partial charge < -0.3 is 20.1 Å². The first-order valence-electron chi connectivity index (χ1n) is 13.6. The van der Waals surface area contributed by atoms with Gasteiger partial charge in [-0.2, -0.15) is 23.1 Å². The molecule has 3 aliphatic rings. The molecular weight excluding hydrogens is 561 g/mol. The first-order valence-corrected chi connectivity index (χ1v) is 14.0. The molecule has 0 bridgehead atoms. The molecule has 0 saturated carbocycles. The van der Waals surface area contributed by atoms with Gasteiger partial charge in [-0.15, -0.1) is 0 Å². The van der Waals surface area contributed by atoms with Crippen molar-refractivity contribution in [3.05, 3.63) is 58.4 Å². The van der Waals surface area contributed by atoms with Crippen molar-refractivity contribution < 1.29 is 27.8 Å². The zero-order valence-corrected chi connectivity index (χ0v) is 23.4. The summed E-state index contributed by atoms with van der Waals surface area (Å²) in [5, 5.41) is 13.1. The van der Waals surface area contributed by atoms with E-state index in [-0.39, 0.29) is 18.3 Å². The number of nitrogens with one attached hydrogen (secondary N) is 1. The lowest BCUT2D eigenvalue weighted by molar-refractivity contribution is -0.143. The first kappa shape index (κ1) is 29.1. The van der Waals surface area contributed by atoms with Crippen molar-refractivity contribution in [2.75, 3.05) is 43.0 Å². The highest BCUT2D eigenvalue weighted by Gasteiger charge is 2.36. The minimum absolute atomic E-state index is 0.134. The van der Waals surface area contributed by atoms with Gasteiger partial charge in [0.05, 0.1) is 34.3 Å². The Morgan fingerprint density at radius 3 is 2.71 bits per heavy atom. The summed E-state index contributed by atoms with van der Waals surface area (Å²) in [6.45, 7) is 5.10. The van der Waals surface area contributed by atoms with Crippen LogP contribution in [0, 0.1) is 5.92 Å². The van der Waals surface area contributed by atoms with Crippen LogP contribution in [0.4, 0.5) is 24.8 Å². The molecule has 1 unspecified atom stereocenters. The summed E-state index contributed by atoms with van der Waals surface area (Å²) in [7, 11) is 0. The van der Waals surface area contributed by atoms with Crippen molar-refractivity contribution in [2.24, 2.45) is 5.92 Å². The van der Waals surface area contributed by atoms with Crippen molar-refractivity contribution in [2.45, 2.75) is 50.9 Å². The molecule has 2 aromatic rings. The number of likely N-dealkylation sites (tertiary alicyclic amines) is 1. The van der Waals surface area contributed by atoms with Crippen molar-refractivity contribution in [3.8, 4) is 6.01 Å². The SMILES string of the molecule is CC1(Nc2nc(OCCN3CCC(C(=O)O)CC3)nc3c2CCN(c2ncccc2Cl)C3)C=CC(C(F)(F)F)=CC1. The van der Waals surface area contributed by atoms with Gasteiger partial charge >= 0.3 is 18.2 Å². The molecule has 1 fully saturated rings. The predicted molar refractivity (Wildman–Crippen MR) is 148 cm³/mol. The van der Waals surface area contributed by atoms with E-state index in [1.54, 1.807) is 18.3 Å². The third-order valence-corrected chi connectivity index (χ3v) is 8.06. The zero-order valence-electron chi connectivity index (χ0n) is 22.6. The minimum atomic E-state index is -4.40. The van der Waals surface area contributed by atoms with Crippen LogP contribution >= 0.6 is 11.6 Å². The van der Waals surface area contributed by atoms with Gasteiger partial charge in [-0.1, -0.05) is 29.8 Å². The summed E-state index contributed by atoms with van der Waals surface area (Å²) in [6, 6.07) is 3.70. The number of carbonyl (C=O) groups is 1. The van der Waals surface area contributed by atoms with E-state index in [1.165, 1.54) is 12.2 Å². The van der Waals surface area contributed by atoms with Crippen LogP contribution in [0.2, 0.25) is 5.02 Å². The van der Waals surface area contributed by atoms with E-state index < -0.39 is 23.3 Å². The normalized spacial score (nSPS) is 21.8. The fourth-order valence-corrected chi connectivity index (χ4v) is 5.58. The Bertz CT molecular complexity index is 1350. The molecule has 9 nitrogen and oxygen atoms in total. The van der Waals surface area contributed by atoms with Crippen molar-refractivity contribution in [1.82, 2.24) is 19.9 Å². The van der Waals surface area contributed by atoms with Crippen LogP contribution in [0.1, 0.15) is 37.4 Å². The summed E-state index contributed by atoms with van der Waals surface area (Å²) < 4.78 is 45.5. The minimum Gasteiger partial charge on any atom is -0.481 e. The van der Waals surface area contributed by atoms with E-state index >= 15 is 0 Å². The highest BCUT2D eigenvalue weighted by Crippen LogP contribution is 2.36. The van der Waals surface area contributed by atoms with Crippen molar-refractivity contribution in [1.29, 1.82) is 0 Å². The number of hydrogen-bond acceptors (Lipinski definition) is 8. The van der Waals surface area contributed by atoms with Gasteiger partial charge in [0.1, 0.15) is 18.2 Å². The summed E-state index contributed by atoms with van der Waals surface area (Å²) in [5.41, 5.74) is 0.143. The molecule has 1 aliphatic carbocycles. The maximum Gasteiger partial charge on any atom is 0.416 e. The number of carboxylic acids is 1. The zero-order chi connectivity index (χ0) is 29.2. The fraction of sp³-hybridized carbons (Fsp3) is 0.500. The maximum atomic E-state index is 13.2. The highest BCUT2D eigenvalue weighted by molar-refractivity contribution is 6.32. The number of aromatic nitrogens is 3. The monoisotopic (exact) mass is 592 g/mol. The Morgan fingerprint density at radius 1 is 1.27 bits per heavy atom. The molecule has 2 aliphatic heterocycles. The van der Waals surface area contributed by atoms with Gasteiger partial charge in [0, 0.05) is 24.8 Å². The second kappa shape index (κ2) is 11.8. The molecule has 0 spiro atoms. The molecule has 41 heavy (non-hydrogen) atoms. The molecule has 1 saturated heterocycles. The number of aliphatic carboxylic acids is 1. The Morgan fingerprint density at radius 2 is 2.05 bits per heavy atom. The lowest BCUT2D eigenvalue weighted by Crippen LogP contribution is -2.39. The lowest BCUT2D eigenvalue weighted by atomic mass is 9.89. The second-order valence-corrected chi connectivity index (χ2v) is 11.2. The Labute approximate surface area is 241 Å². The van der Waals surface area contributed by atoms with E-state index in [0.29, 0.717) is 75.3 Å². The van der Waals surface area contributed by atoms with E-state index in [4.69, 9.17) is 21.3 Å². The number of piperidine rings is 1.